The van der Waals surface area contributed by atoms with Gasteiger partial charge in [-0.05, 0) is 36.8 Å². The van der Waals surface area contributed by atoms with Crippen LogP contribution in [0.5, 0.6) is 0 Å². The number of hydrogen-bond donors (Lipinski definition) is 2. The number of nitrogens with one attached hydrogen (secondary N) is 2. The first-order chi connectivity index (χ1) is 9.10. The lowest BCUT2D eigenvalue weighted by Crippen LogP contribution is -2.28. The fraction of sp³-hybridized carbons (Fsp3) is 0.143. The van der Waals surface area contributed by atoms with E-state index >= 15 is 0 Å². The molecule has 0 aliphatic rings. The molecule has 2 rings (SSSR count). The molecule has 0 amide bonds. The van der Waals surface area contributed by atoms with Crippen LogP contribution in [-0.4, -0.2) is 11.7 Å². The summed E-state index contributed by atoms with van der Waals surface area (Å²) in [5, 5.41) is 7.39. The Balaban J connectivity index is 2.29. The number of benzene rings is 1. The SMILES string of the molecule is C=CCNC(=S)Nc1ccc2c(C)cc(=O)oc2c1. The standard InChI is InChI=1S/C14H14N2O2S/c1-3-6-15-14(19)16-10-4-5-11-9(2)7-13(17)18-12(11)8-10/h3-5,7-8H,1,6H2,2H3,(H2,15,16,19). The highest BCUT2D eigenvalue weighted by molar-refractivity contribution is 7.80. The molecule has 2 N–H and O–H groups in total. The maximum absolute atomic E-state index is 11.3. The average molecular weight is 274 g/mol. The molecule has 0 radical (unpaired) electrons. The molecule has 0 saturated carbocycles. The molecule has 0 spiro atoms. The van der Waals surface area contributed by atoms with E-state index in [2.05, 4.69) is 17.2 Å². The molecule has 0 unspecified atom stereocenters. The summed E-state index contributed by atoms with van der Waals surface area (Å²) < 4.78 is 5.17. The minimum Gasteiger partial charge on any atom is -0.423 e. The molecule has 0 bridgehead atoms. The van der Waals surface area contributed by atoms with Crippen LogP contribution < -0.4 is 16.3 Å². The molecule has 98 valence electrons. The van der Waals surface area contributed by atoms with Crippen molar-refractivity contribution in [2.75, 3.05) is 11.9 Å². The second kappa shape index (κ2) is 5.67. The normalized spacial score (nSPS) is 10.2. The molecule has 4 nitrogen and oxygen atoms in total. The lowest BCUT2D eigenvalue weighted by molar-refractivity contribution is 0.560. The molecule has 1 aromatic carbocycles. The van der Waals surface area contributed by atoms with E-state index in [4.69, 9.17) is 16.6 Å². The summed E-state index contributed by atoms with van der Waals surface area (Å²) >= 11 is 5.11. The molecule has 0 aliphatic heterocycles. The molecule has 5 heteroatoms. The van der Waals surface area contributed by atoms with E-state index in [-0.39, 0.29) is 5.63 Å². The van der Waals surface area contributed by atoms with Crippen molar-refractivity contribution < 1.29 is 4.42 Å². The van der Waals surface area contributed by atoms with Gasteiger partial charge in [0.2, 0.25) is 0 Å². The van der Waals surface area contributed by atoms with Crippen molar-refractivity contribution in [2.45, 2.75) is 6.92 Å². The second-order valence-corrected chi connectivity index (χ2v) is 4.49. The molecule has 19 heavy (non-hydrogen) atoms. The smallest absolute Gasteiger partial charge is 0.336 e. The third-order valence-corrected chi connectivity index (χ3v) is 2.86. The van der Waals surface area contributed by atoms with Crippen LogP contribution in [0.2, 0.25) is 0 Å². The molecular weight excluding hydrogens is 260 g/mol. The minimum atomic E-state index is -0.352. The van der Waals surface area contributed by atoms with Gasteiger partial charge in [-0.1, -0.05) is 6.08 Å². The van der Waals surface area contributed by atoms with Gasteiger partial charge in [0.15, 0.2) is 5.11 Å². The summed E-state index contributed by atoms with van der Waals surface area (Å²) in [4.78, 5) is 11.3. The van der Waals surface area contributed by atoms with Gasteiger partial charge in [-0.25, -0.2) is 4.79 Å². The van der Waals surface area contributed by atoms with Crippen LogP contribution in [0.15, 0.2) is 46.1 Å². The molecule has 0 aliphatic carbocycles. The highest BCUT2D eigenvalue weighted by atomic mass is 32.1. The van der Waals surface area contributed by atoms with Crippen molar-refractivity contribution in [2.24, 2.45) is 0 Å². The van der Waals surface area contributed by atoms with E-state index in [0.717, 1.165) is 16.6 Å². The molecular formula is C14H14N2O2S. The predicted octanol–water partition coefficient (Wildman–Crippen LogP) is 2.57. The summed E-state index contributed by atoms with van der Waals surface area (Å²) in [6.45, 7) is 6.07. The third kappa shape index (κ3) is 3.20. The van der Waals surface area contributed by atoms with Crippen LogP contribution in [-0.2, 0) is 0 Å². The van der Waals surface area contributed by atoms with Gasteiger partial charge in [-0.15, -0.1) is 6.58 Å². The average Bonchev–Trinajstić information content (AvgIpc) is 2.35. The van der Waals surface area contributed by atoms with E-state index in [1.165, 1.54) is 6.07 Å². The minimum absolute atomic E-state index is 0.352. The van der Waals surface area contributed by atoms with Crippen molar-refractivity contribution in [3.05, 3.63) is 52.9 Å². The van der Waals surface area contributed by atoms with Gasteiger partial charge < -0.3 is 15.1 Å². The van der Waals surface area contributed by atoms with Crippen molar-refractivity contribution >= 4 is 34.0 Å². The molecule has 0 atom stereocenters. The Morgan fingerprint density at radius 1 is 1.47 bits per heavy atom. The Labute approximate surface area is 116 Å². The number of fused-ring (bicyclic) bond motifs is 1. The fourth-order valence-electron chi connectivity index (χ4n) is 1.74. The molecule has 1 heterocycles. The van der Waals surface area contributed by atoms with Crippen LogP contribution in [0.3, 0.4) is 0 Å². The Morgan fingerprint density at radius 3 is 3.00 bits per heavy atom. The first-order valence-electron chi connectivity index (χ1n) is 5.80. The van der Waals surface area contributed by atoms with E-state index < -0.39 is 0 Å². The Kier molecular flexibility index (Phi) is 3.97. The number of thiocarbonyl (C=S) groups is 1. The van der Waals surface area contributed by atoms with E-state index in [1.807, 2.05) is 19.1 Å². The highest BCUT2D eigenvalue weighted by Crippen LogP contribution is 2.20. The zero-order chi connectivity index (χ0) is 13.8. The molecule has 1 aromatic heterocycles. The van der Waals surface area contributed by atoms with Gasteiger partial charge in [0.25, 0.3) is 0 Å². The van der Waals surface area contributed by atoms with E-state index in [0.29, 0.717) is 17.2 Å². The highest BCUT2D eigenvalue weighted by Gasteiger charge is 2.04. The molecule has 2 aromatic rings. The topological polar surface area (TPSA) is 54.3 Å². The van der Waals surface area contributed by atoms with Crippen LogP contribution in [0.1, 0.15) is 5.56 Å². The second-order valence-electron chi connectivity index (χ2n) is 4.08. The third-order valence-electron chi connectivity index (χ3n) is 2.62. The van der Waals surface area contributed by atoms with Crippen LogP contribution in [0.4, 0.5) is 5.69 Å². The Bertz CT molecular complexity index is 691. The van der Waals surface area contributed by atoms with Gasteiger partial charge in [0.05, 0.1) is 0 Å². The van der Waals surface area contributed by atoms with Gasteiger partial charge in [-0.2, -0.15) is 0 Å². The van der Waals surface area contributed by atoms with Crippen LogP contribution in [0, 0.1) is 6.92 Å². The predicted molar refractivity (Wildman–Crippen MR) is 81.6 cm³/mol. The summed E-state index contributed by atoms with van der Waals surface area (Å²) in [5.74, 6) is 0. The van der Waals surface area contributed by atoms with Gasteiger partial charge >= 0.3 is 5.63 Å². The maximum atomic E-state index is 11.3. The maximum Gasteiger partial charge on any atom is 0.336 e. The lowest BCUT2D eigenvalue weighted by atomic mass is 10.1. The first kappa shape index (κ1) is 13.3. The number of rotatable bonds is 3. The van der Waals surface area contributed by atoms with Crippen molar-refractivity contribution in [1.29, 1.82) is 0 Å². The van der Waals surface area contributed by atoms with Crippen molar-refractivity contribution in [3.8, 4) is 0 Å². The van der Waals surface area contributed by atoms with Gasteiger partial charge in [0, 0.05) is 29.8 Å². The first-order valence-corrected chi connectivity index (χ1v) is 6.21. The number of aryl methyl sites for hydroxylation is 1. The number of anilines is 1. The molecule has 0 fully saturated rings. The zero-order valence-corrected chi connectivity index (χ0v) is 11.3. The van der Waals surface area contributed by atoms with Gasteiger partial charge in [0.1, 0.15) is 5.58 Å². The quantitative estimate of drug-likeness (QED) is 0.512. The Morgan fingerprint density at radius 2 is 2.26 bits per heavy atom. The van der Waals surface area contributed by atoms with E-state index in [9.17, 15) is 4.79 Å². The largest absolute Gasteiger partial charge is 0.423 e. The van der Waals surface area contributed by atoms with Gasteiger partial charge in [-0.3, -0.25) is 0 Å². The zero-order valence-electron chi connectivity index (χ0n) is 10.5. The fourth-order valence-corrected chi connectivity index (χ4v) is 1.94. The summed E-state index contributed by atoms with van der Waals surface area (Å²) in [6.07, 6.45) is 1.72. The summed E-state index contributed by atoms with van der Waals surface area (Å²) in [6, 6.07) is 7.01. The van der Waals surface area contributed by atoms with Crippen LogP contribution in [0.25, 0.3) is 11.0 Å². The Hall–Kier alpha value is -2.14. The lowest BCUT2D eigenvalue weighted by Gasteiger charge is -2.09. The molecule has 0 saturated heterocycles. The van der Waals surface area contributed by atoms with Crippen molar-refractivity contribution in [1.82, 2.24) is 5.32 Å². The monoisotopic (exact) mass is 274 g/mol. The van der Waals surface area contributed by atoms with Crippen molar-refractivity contribution in [3.63, 3.8) is 0 Å². The van der Waals surface area contributed by atoms with Crippen LogP contribution >= 0.6 is 12.2 Å². The van der Waals surface area contributed by atoms with E-state index in [1.54, 1.807) is 12.1 Å². The summed E-state index contributed by atoms with van der Waals surface area (Å²) in [7, 11) is 0. The number of hydrogen-bond acceptors (Lipinski definition) is 3. The summed E-state index contributed by atoms with van der Waals surface area (Å²) in [5.41, 5.74) is 1.85.